The van der Waals surface area contributed by atoms with E-state index in [9.17, 15) is 0 Å². The third-order valence-corrected chi connectivity index (χ3v) is 3.55. The molecule has 0 aliphatic rings. The van der Waals surface area contributed by atoms with Crippen molar-refractivity contribution in [2.24, 2.45) is 0 Å². The molecule has 0 bridgehead atoms. The molecular weight excluding hydrogens is 302 g/mol. The highest BCUT2D eigenvalue weighted by Crippen LogP contribution is 2.25. The van der Waals surface area contributed by atoms with Crippen LogP contribution in [0.5, 0.6) is 5.75 Å². The van der Waals surface area contributed by atoms with Gasteiger partial charge in [0, 0.05) is 11.0 Å². The fraction of sp³-hybridized carbons (Fsp3) is 0.250. The fourth-order valence-corrected chi connectivity index (χ4v) is 2.21. The van der Waals surface area contributed by atoms with Gasteiger partial charge in [0.2, 0.25) is 0 Å². The van der Waals surface area contributed by atoms with Crippen LogP contribution in [0.1, 0.15) is 18.9 Å². The number of benzene rings is 2. The summed E-state index contributed by atoms with van der Waals surface area (Å²) in [5.74, 6) is 0.913. The molecule has 19 heavy (non-hydrogen) atoms. The Bertz CT molecular complexity index is 528. The molecule has 2 nitrogen and oxygen atoms in total. The number of hydrogen-bond acceptors (Lipinski definition) is 2. The van der Waals surface area contributed by atoms with Crippen molar-refractivity contribution in [1.29, 1.82) is 0 Å². The minimum absolute atomic E-state index is 0.744. The maximum Gasteiger partial charge on any atom is 0.142 e. The van der Waals surface area contributed by atoms with E-state index >= 15 is 0 Å². The van der Waals surface area contributed by atoms with Crippen LogP contribution in [0.4, 0.5) is 5.69 Å². The number of ether oxygens (including phenoxy) is 1. The zero-order chi connectivity index (χ0) is 13.5. The van der Waals surface area contributed by atoms with Crippen molar-refractivity contribution >= 4 is 21.6 Å². The van der Waals surface area contributed by atoms with Gasteiger partial charge in [-0.25, -0.2) is 0 Å². The standard InChI is InChI=1S/C16H18BrNO/c1-2-11-19-16-10-6-5-9-15(16)18-12-13-7-3-4-8-14(13)17/h3-10,18H,2,11-12H2,1H3. The van der Waals surface area contributed by atoms with Crippen molar-refractivity contribution in [2.75, 3.05) is 11.9 Å². The predicted molar refractivity (Wildman–Crippen MR) is 83.7 cm³/mol. The van der Waals surface area contributed by atoms with Crippen LogP contribution >= 0.6 is 15.9 Å². The van der Waals surface area contributed by atoms with Crippen molar-refractivity contribution < 1.29 is 4.74 Å². The van der Waals surface area contributed by atoms with Gasteiger partial charge in [0.1, 0.15) is 5.75 Å². The van der Waals surface area contributed by atoms with E-state index in [0.29, 0.717) is 0 Å². The number of para-hydroxylation sites is 2. The van der Waals surface area contributed by atoms with Gasteiger partial charge >= 0.3 is 0 Å². The second-order valence-electron chi connectivity index (χ2n) is 4.29. The molecule has 0 fully saturated rings. The third-order valence-electron chi connectivity index (χ3n) is 2.78. The smallest absolute Gasteiger partial charge is 0.142 e. The summed E-state index contributed by atoms with van der Waals surface area (Å²) in [6, 6.07) is 16.3. The quantitative estimate of drug-likeness (QED) is 0.821. The molecule has 0 amide bonds. The number of nitrogens with one attached hydrogen (secondary N) is 1. The van der Waals surface area contributed by atoms with Crippen LogP contribution in [0.3, 0.4) is 0 Å². The highest BCUT2D eigenvalue weighted by atomic mass is 79.9. The van der Waals surface area contributed by atoms with Crippen molar-refractivity contribution in [3.63, 3.8) is 0 Å². The Hall–Kier alpha value is -1.48. The maximum atomic E-state index is 5.73. The Labute approximate surface area is 122 Å². The average Bonchev–Trinajstić information content (AvgIpc) is 2.45. The van der Waals surface area contributed by atoms with Gasteiger partial charge in [0.15, 0.2) is 0 Å². The molecule has 0 spiro atoms. The fourth-order valence-electron chi connectivity index (χ4n) is 1.78. The highest BCUT2D eigenvalue weighted by molar-refractivity contribution is 9.10. The molecular formula is C16H18BrNO. The van der Waals surface area contributed by atoms with Gasteiger partial charge in [-0.2, -0.15) is 0 Å². The van der Waals surface area contributed by atoms with E-state index in [-0.39, 0.29) is 0 Å². The maximum absolute atomic E-state index is 5.73. The van der Waals surface area contributed by atoms with E-state index in [2.05, 4.69) is 40.3 Å². The molecule has 0 aromatic heterocycles. The summed E-state index contributed by atoms with van der Waals surface area (Å²) in [6.07, 6.45) is 1.01. The van der Waals surface area contributed by atoms with Gasteiger partial charge in [-0.05, 0) is 30.2 Å². The summed E-state index contributed by atoms with van der Waals surface area (Å²) < 4.78 is 6.85. The Morgan fingerprint density at radius 1 is 1.05 bits per heavy atom. The first-order valence-electron chi connectivity index (χ1n) is 6.50. The molecule has 0 unspecified atom stereocenters. The van der Waals surface area contributed by atoms with E-state index in [0.717, 1.165) is 35.5 Å². The van der Waals surface area contributed by atoms with Gasteiger partial charge in [0.05, 0.1) is 12.3 Å². The SMILES string of the molecule is CCCOc1ccccc1NCc1ccccc1Br. The normalized spacial score (nSPS) is 10.2. The molecule has 2 rings (SSSR count). The minimum atomic E-state index is 0.744. The van der Waals surface area contributed by atoms with Gasteiger partial charge in [-0.3, -0.25) is 0 Å². The number of halogens is 1. The first-order valence-corrected chi connectivity index (χ1v) is 7.29. The van der Waals surface area contributed by atoms with Crippen LogP contribution in [0, 0.1) is 0 Å². The topological polar surface area (TPSA) is 21.3 Å². The Morgan fingerprint density at radius 3 is 2.58 bits per heavy atom. The van der Waals surface area contributed by atoms with E-state index in [1.165, 1.54) is 5.56 Å². The van der Waals surface area contributed by atoms with Gasteiger partial charge in [-0.1, -0.05) is 53.2 Å². The lowest BCUT2D eigenvalue weighted by molar-refractivity contribution is 0.319. The number of rotatable bonds is 6. The van der Waals surface area contributed by atoms with Crippen LogP contribution < -0.4 is 10.1 Å². The molecule has 0 heterocycles. The largest absolute Gasteiger partial charge is 0.491 e. The van der Waals surface area contributed by atoms with Crippen molar-refractivity contribution in [2.45, 2.75) is 19.9 Å². The summed E-state index contributed by atoms with van der Waals surface area (Å²) in [4.78, 5) is 0. The van der Waals surface area contributed by atoms with Gasteiger partial charge in [0.25, 0.3) is 0 Å². The zero-order valence-corrected chi connectivity index (χ0v) is 12.6. The molecule has 3 heteroatoms. The second kappa shape index (κ2) is 7.19. The van der Waals surface area contributed by atoms with E-state index in [1.54, 1.807) is 0 Å². The molecule has 0 saturated heterocycles. The second-order valence-corrected chi connectivity index (χ2v) is 5.14. The highest BCUT2D eigenvalue weighted by Gasteiger charge is 2.03. The molecule has 0 aliphatic carbocycles. The lowest BCUT2D eigenvalue weighted by Crippen LogP contribution is -2.03. The Balaban J connectivity index is 2.05. The van der Waals surface area contributed by atoms with Gasteiger partial charge < -0.3 is 10.1 Å². The molecule has 0 aliphatic heterocycles. The predicted octanol–water partition coefficient (Wildman–Crippen LogP) is 4.85. The lowest BCUT2D eigenvalue weighted by Gasteiger charge is -2.13. The van der Waals surface area contributed by atoms with Gasteiger partial charge in [-0.15, -0.1) is 0 Å². The molecule has 2 aromatic carbocycles. The number of anilines is 1. The van der Waals surface area contributed by atoms with Crippen LogP contribution in [0.15, 0.2) is 53.0 Å². The van der Waals surface area contributed by atoms with Crippen LogP contribution in [0.2, 0.25) is 0 Å². The molecule has 0 saturated carbocycles. The van der Waals surface area contributed by atoms with Crippen molar-refractivity contribution in [3.8, 4) is 5.75 Å². The van der Waals surface area contributed by atoms with E-state index in [4.69, 9.17) is 4.74 Å². The van der Waals surface area contributed by atoms with E-state index in [1.807, 2.05) is 36.4 Å². The summed E-state index contributed by atoms with van der Waals surface area (Å²) in [5.41, 5.74) is 2.26. The average molecular weight is 320 g/mol. The van der Waals surface area contributed by atoms with Crippen LogP contribution in [-0.2, 0) is 6.54 Å². The molecule has 2 aromatic rings. The monoisotopic (exact) mass is 319 g/mol. The van der Waals surface area contributed by atoms with Crippen molar-refractivity contribution in [1.82, 2.24) is 0 Å². The van der Waals surface area contributed by atoms with Crippen LogP contribution in [0.25, 0.3) is 0 Å². The summed E-state index contributed by atoms with van der Waals surface area (Å²) >= 11 is 3.56. The molecule has 0 radical (unpaired) electrons. The number of hydrogen-bond donors (Lipinski definition) is 1. The minimum Gasteiger partial charge on any atom is -0.491 e. The molecule has 1 N–H and O–H groups in total. The van der Waals surface area contributed by atoms with E-state index < -0.39 is 0 Å². The first kappa shape index (κ1) is 13.9. The van der Waals surface area contributed by atoms with Crippen molar-refractivity contribution in [3.05, 3.63) is 58.6 Å². The summed E-state index contributed by atoms with van der Waals surface area (Å²) in [5, 5.41) is 3.42. The Morgan fingerprint density at radius 2 is 1.79 bits per heavy atom. The zero-order valence-electron chi connectivity index (χ0n) is 11.0. The van der Waals surface area contributed by atoms with Crippen LogP contribution in [-0.4, -0.2) is 6.61 Å². The lowest BCUT2D eigenvalue weighted by atomic mass is 10.2. The summed E-state index contributed by atoms with van der Waals surface area (Å²) in [6.45, 7) is 3.62. The molecule has 100 valence electrons. The third kappa shape index (κ3) is 4.00. The summed E-state index contributed by atoms with van der Waals surface area (Å²) in [7, 11) is 0. The first-order chi connectivity index (χ1) is 9.31. The molecule has 0 atom stereocenters. The Kier molecular flexibility index (Phi) is 5.28.